The minimum atomic E-state index is -0.276. The van der Waals surface area contributed by atoms with Gasteiger partial charge in [-0.3, -0.25) is 4.79 Å². The molecule has 1 heterocycles. The van der Waals surface area contributed by atoms with E-state index in [1.807, 2.05) is 39.0 Å². The number of aromatic nitrogens is 2. The molecule has 0 saturated heterocycles. The summed E-state index contributed by atoms with van der Waals surface area (Å²) in [6.45, 7) is 6.33. The maximum Gasteiger partial charge on any atom is 0.274 e. The first kappa shape index (κ1) is 14.0. The first-order valence-corrected chi connectivity index (χ1v) is 6.44. The summed E-state index contributed by atoms with van der Waals surface area (Å²) in [6.07, 6.45) is 1.32. The standard InChI is InChI=1S/C15H17N3O2/c1-4-20-14-8-13(16-9-17-14)15(19)18-12-7-5-6-10(2)11(12)3/h5-9H,4H2,1-3H3,(H,18,19). The van der Waals surface area contributed by atoms with Crippen molar-refractivity contribution in [2.24, 2.45) is 0 Å². The van der Waals surface area contributed by atoms with Crippen LogP contribution in [-0.4, -0.2) is 22.5 Å². The van der Waals surface area contributed by atoms with E-state index in [2.05, 4.69) is 15.3 Å². The van der Waals surface area contributed by atoms with Gasteiger partial charge in [-0.25, -0.2) is 9.97 Å². The average molecular weight is 271 g/mol. The van der Waals surface area contributed by atoms with Crippen LogP contribution in [0.15, 0.2) is 30.6 Å². The lowest BCUT2D eigenvalue weighted by Crippen LogP contribution is -2.15. The summed E-state index contributed by atoms with van der Waals surface area (Å²) in [6, 6.07) is 7.31. The van der Waals surface area contributed by atoms with Crippen molar-refractivity contribution in [3.05, 3.63) is 47.4 Å². The van der Waals surface area contributed by atoms with Gasteiger partial charge in [-0.2, -0.15) is 0 Å². The van der Waals surface area contributed by atoms with E-state index in [1.54, 1.807) is 0 Å². The van der Waals surface area contributed by atoms with E-state index in [-0.39, 0.29) is 11.6 Å². The summed E-state index contributed by atoms with van der Waals surface area (Å²) in [5.74, 6) is 0.121. The number of ether oxygens (including phenoxy) is 1. The lowest BCUT2D eigenvalue weighted by atomic mass is 10.1. The summed E-state index contributed by atoms with van der Waals surface area (Å²) in [5.41, 5.74) is 3.23. The molecule has 0 aliphatic carbocycles. The van der Waals surface area contributed by atoms with Gasteiger partial charge in [0.25, 0.3) is 5.91 Å². The van der Waals surface area contributed by atoms with Gasteiger partial charge < -0.3 is 10.1 Å². The summed E-state index contributed by atoms with van der Waals surface area (Å²) in [5, 5.41) is 2.85. The zero-order chi connectivity index (χ0) is 14.5. The number of carbonyl (C=O) groups is 1. The second-order valence-corrected chi connectivity index (χ2v) is 4.38. The summed E-state index contributed by atoms with van der Waals surface area (Å²) >= 11 is 0. The molecule has 1 amide bonds. The first-order chi connectivity index (χ1) is 9.61. The quantitative estimate of drug-likeness (QED) is 0.928. The zero-order valence-corrected chi connectivity index (χ0v) is 11.8. The van der Waals surface area contributed by atoms with Gasteiger partial charge in [0, 0.05) is 11.8 Å². The topological polar surface area (TPSA) is 64.1 Å². The van der Waals surface area contributed by atoms with Crippen LogP contribution in [0.1, 0.15) is 28.5 Å². The Hall–Kier alpha value is -2.43. The fraction of sp³-hybridized carbons (Fsp3) is 0.267. The van der Waals surface area contributed by atoms with E-state index in [9.17, 15) is 4.79 Å². The number of hydrogen-bond donors (Lipinski definition) is 1. The number of nitrogens with zero attached hydrogens (tertiary/aromatic N) is 2. The Morgan fingerprint density at radius 3 is 2.85 bits per heavy atom. The second-order valence-electron chi connectivity index (χ2n) is 4.38. The van der Waals surface area contributed by atoms with Gasteiger partial charge in [-0.15, -0.1) is 0 Å². The number of carbonyl (C=O) groups excluding carboxylic acids is 1. The molecule has 0 aliphatic rings. The van der Waals surface area contributed by atoms with Crippen LogP contribution in [0.2, 0.25) is 0 Å². The maximum absolute atomic E-state index is 12.2. The van der Waals surface area contributed by atoms with Gasteiger partial charge in [0.15, 0.2) is 0 Å². The molecule has 1 aromatic carbocycles. The monoisotopic (exact) mass is 271 g/mol. The number of rotatable bonds is 4. The van der Waals surface area contributed by atoms with Gasteiger partial charge in [0.2, 0.25) is 5.88 Å². The van der Waals surface area contributed by atoms with Gasteiger partial charge in [-0.1, -0.05) is 12.1 Å². The van der Waals surface area contributed by atoms with Crippen molar-refractivity contribution in [1.82, 2.24) is 9.97 Å². The lowest BCUT2D eigenvalue weighted by molar-refractivity contribution is 0.102. The molecule has 0 saturated carbocycles. The molecule has 5 heteroatoms. The molecule has 104 valence electrons. The van der Waals surface area contributed by atoms with E-state index >= 15 is 0 Å². The summed E-state index contributed by atoms with van der Waals surface area (Å²) in [7, 11) is 0. The molecule has 0 fully saturated rings. The van der Waals surface area contributed by atoms with Crippen LogP contribution < -0.4 is 10.1 Å². The van der Waals surface area contributed by atoms with E-state index in [0.717, 1.165) is 16.8 Å². The van der Waals surface area contributed by atoms with Crippen molar-refractivity contribution in [2.75, 3.05) is 11.9 Å². The highest BCUT2D eigenvalue weighted by atomic mass is 16.5. The highest BCUT2D eigenvalue weighted by Crippen LogP contribution is 2.19. The van der Waals surface area contributed by atoms with Crippen LogP contribution in [-0.2, 0) is 0 Å². The molecule has 0 unspecified atom stereocenters. The Morgan fingerprint density at radius 1 is 1.30 bits per heavy atom. The number of benzene rings is 1. The molecule has 0 aliphatic heterocycles. The van der Waals surface area contributed by atoms with Gasteiger partial charge in [0.05, 0.1) is 6.61 Å². The van der Waals surface area contributed by atoms with E-state index in [0.29, 0.717) is 12.5 Å². The Balaban J connectivity index is 2.19. The van der Waals surface area contributed by atoms with Gasteiger partial charge >= 0.3 is 0 Å². The minimum Gasteiger partial charge on any atom is -0.478 e. The Labute approximate surface area is 118 Å². The Morgan fingerprint density at radius 2 is 2.10 bits per heavy atom. The molecule has 0 radical (unpaired) electrons. The third-order valence-corrected chi connectivity index (χ3v) is 3.02. The van der Waals surface area contributed by atoms with Crippen molar-refractivity contribution in [2.45, 2.75) is 20.8 Å². The van der Waals surface area contributed by atoms with Crippen LogP contribution in [0.3, 0.4) is 0 Å². The summed E-state index contributed by atoms with van der Waals surface area (Å²) in [4.78, 5) is 20.1. The van der Waals surface area contributed by atoms with E-state index in [1.165, 1.54) is 12.4 Å². The van der Waals surface area contributed by atoms with Gasteiger partial charge in [-0.05, 0) is 38.0 Å². The number of nitrogens with one attached hydrogen (secondary N) is 1. The van der Waals surface area contributed by atoms with Crippen molar-refractivity contribution in [3.63, 3.8) is 0 Å². The lowest BCUT2D eigenvalue weighted by Gasteiger charge is -2.10. The van der Waals surface area contributed by atoms with Crippen molar-refractivity contribution in [3.8, 4) is 5.88 Å². The van der Waals surface area contributed by atoms with Gasteiger partial charge in [0.1, 0.15) is 12.0 Å². The van der Waals surface area contributed by atoms with Crippen molar-refractivity contribution < 1.29 is 9.53 Å². The Bertz CT molecular complexity index is 626. The molecular formula is C15H17N3O2. The molecule has 1 aromatic heterocycles. The number of amides is 1. The van der Waals surface area contributed by atoms with Crippen LogP contribution in [0.25, 0.3) is 0 Å². The Kier molecular flexibility index (Phi) is 4.30. The van der Waals surface area contributed by atoms with Crippen LogP contribution in [0.5, 0.6) is 5.88 Å². The van der Waals surface area contributed by atoms with Crippen molar-refractivity contribution >= 4 is 11.6 Å². The summed E-state index contributed by atoms with van der Waals surface area (Å²) < 4.78 is 5.26. The second kappa shape index (κ2) is 6.14. The molecule has 5 nitrogen and oxygen atoms in total. The van der Waals surface area contributed by atoms with Crippen LogP contribution in [0, 0.1) is 13.8 Å². The van der Waals surface area contributed by atoms with Crippen LogP contribution >= 0.6 is 0 Å². The molecule has 2 rings (SSSR count). The molecule has 20 heavy (non-hydrogen) atoms. The number of anilines is 1. The normalized spacial score (nSPS) is 10.2. The molecule has 0 bridgehead atoms. The molecule has 1 N–H and O–H groups in total. The highest BCUT2D eigenvalue weighted by Gasteiger charge is 2.11. The smallest absolute Gasteiger partial charge is 0.274 e. The average Bonchev–Trinajstić information content (AvgIpc) is 2.44. The predicted molar refractivity (Wildman–Crippen MR) is 77.1 cm³/mol. The minimum absolute atomic E-state index is 0.276. The van der Waals surface area contributed by atoms with Crippen molar-refractivity contribution in [1.29, 1.82) is 0 Å². The zero-order valence-electron chi connectivity index (χ0n) is 11.8. The molecular weight excluding hydrogens is 254 g/mol. The van der Waals surface area contributed by atoms with E-state index < -0.39 is 0 Å². The van der Waals surface area contributed by atoms with Crippen LogP contribution in [0.4, 0.5) is 5.69 Å². The fourth-order valence-electron chi connectivity index (χ4n) is 1.76. The third kappa shape index (κ3) is 3.12. The fourth-order valence-corrected chi connectivity index (χ4v) is 1.76. The predicted octanol–water partition coefficient (Wildman–Crippen LogP) is 2.74. The molecule has 2 aromatic rings. The number of aryl methyl sites for hydroxylation is 1. The SMILES string of the molecule is CCOc1cc(C(=O)Nc2cccc(C)c2C)ncn1. The highest BCUT2D eigenvalue weighted by molar-refractivity contribution is 6.03. The van der Waals surface area contributed by atoms with E-state index in [4.69, 9.17) is 4.74 Å². The third-order valence-electron chi connectivity index (χ3n) is 3.02. The first-order valence-electron chi connectivity index (χ1n) is 6.44. The number of hydrogen-bond acceptors (Lipinski definition) is 4. The molecule has 0 atom stereocenters. The largest absolute Gasteiger partial charge is 0.478 e. The maximum atomic E-state index is 12.2. The molecule has 0 spiro atoms.